The molecule has 0 aliphatic carbocycles. The molecule has 3 nitrogen and oxygen atoms in total. The number of nitrogens with one attached hydrogen (secondary N) is 2. The van der Waals surface area contributed by atoms with Crippen LogP contribution in [0, 0.1) is 0 Å². The van der Waals surface area contributed by atoms with E-state index in [4.69, 9.17) is 0 Å². The second-order valence-corrected chi connectivity index (χ2v) is 7.11. The highest BCUT2D eigenvalue weighted by Crippen LogP contribution is 2.33. The largest absolute Gasteiger partial charge is 0.361 e. The summed E-state index contributed by atoms with van der Waals surface area (Å²) in [5.41, 5.74) is 4.26. The summed E-state index contributed by atoms with van der Waals surface area (Å²) in [6.45, 7) is 2.44. The minimum Gasteiger partial charge on any atom is -0.361 e. The molecule has 0 bridgehead atoms. The molecule has 0 unspecified atom stereocenters. The summed E-state index contributed by atoms with van der Waals surface area (Å²) in [7, 11) is 4.21. The van der Waals surface area contributed by atoms with Gasteiger partial charge in [0.1, 0.15) is 0 Å². The molecule has 1 aliphatic heterocycles. The summed E-state index contributed by atoms with van der Waals surface area (Å²) < 4.78 is 3.14. The zero-order valence-corrected chi connectivity index (χ0v) is 13.8. The van der Waals surface area contributed by atoms with Gasteiger partial charge in [0.2, 0.25) is 0 Å². The van der Waals surface area contributed by atoms with Crippen LogP contribution in [0.4, 0.5) is 0 Å². The predicted molar refractivity (Wildman–Crippen MR) is 93.0 cm³/mol. The number of hydrogen-bond acceptors (Lipinski definition) is 3. The van der Waals surface area contributed by atoms with E-state index >= 15 is 0 Å². The van der Waals surface area contributed by atoms with Crippen LogP contribution in [0.2, 0.25) is 0 Å². The molecule has 1 aromatic heterocycles. The zero-order chi connectivity index (χ0) is 14.7. The van der Waals surface area contributed by atoms with Gasteiger partial charge in [0.25, 0.3) is 0 Å². The maximum Gasteiger partial charge on any atom is 0.0457 e. The Balaban J connectivity index is 1.80. The highest BCUT2D eigenvalue weighted by Gasteiger charge is 2.21. The molecule has 4 heteroatoms. The quantitative estimate of drug-likeness (QED) is 0.656. The first kappa shape index (κ1) is 14.9. The van der Waals surface area contributed by atoms with E-state index < -0.39 is 0 Å². The van der Waals surface area contributed by atoms with Gasteiger partial charge in [-0.25, -0.2) is 0 Å². The monoisotopic (exact) mass is 303 g/mol. The number of fused-ring (bicyclic) bond motifs is 1. The number of benzene rings is 1. The molecule has 1 aromatic carbocycles. The lowest BCUT2D eigenvalue weighted by Gasteiger charge is -2.28. The van der Waals surface area contributed by atoms with E-state index in [-0.39, 0.29) is 0 Å². The summed E-state index contributed by atoms with van der Waals surface area (Å²) in [6.07, 6.45) is 5.93. The molecule has 0 saturated carbocycles. The summed E-state index contributed by atoms with van der Waals surface area (Å²) in [4.78, 5) is 5.90. The van der Waals surface area contributed by atoms with Gasteiger partial charge in [-0.05, 0) is 75.6 Å². The standard InChI is InChI=1S/C17H25N3S/c1-18-21-10-7-13-3-4-17-15(11-13)16(12-19-17)14-5-8-20(2)9-6-14/h3-4,11-12,14,18-19H,5-10H2,1-2H3. The van der Waals surface area contributed by atoms with E-state index in [0.29, 0.717) is 0 Å². The van der Waals surface area contributed by atoms with E-state index in [9.17, 15) is 0 Å². The summed E-state index contributed by atoms with van der Waals surface area (Å²) in [6, 6.07) is 6.90. The van der Waals surface area contributed by atoms with Crippen LogP contribution in [0.15, 0.2) is 24.4 Å². The second kappa shape index (κ2) is 6.86. The van der Waals surface area contributed by atoms with Crippen molar-refractivity contribution in [2.45, 2.75) is 25.2 Å². The number of H-pyrrole nitrogens is 1. The Morgan fingerprint density at radius 1 is 1.33 bits per heavy atom. The van der Waals surface area contributed by atoms with Crippen LogP contribution >= 0.6 is 11.9 Å². The number of piperidine rings is 1. The van der Waals surface area contributed by atoms with Crippen LogP contribution in [0.1, 0.15) is 29.9 Å². The molecule has 1 fully saturated rings. The number of aromatic nitrogens is 1. The van der Waals surface area contributed by atoms with Crippen molar-refractivity contribution >= 4 is 22.9 Å². The van der Waals surface area contributed by atoms with E-state index in [1.54, 1.807) is 11.9 Å². The molecular formula is C17H25N3S. The molecule has 1 saturated heterocycles. The third-order valence-corrected chi connectivity index (χ3v) is 5.27. The molecule has 0 amide bonds. The van der Waals surface area contributed by atoms with Crippen LogP contribution < -0.4 is 4.72 Å². The smallest absolute Gasteiger partial charge is 0.0457 e. The summed E-state index contributed by atoms with van der Waals surface area (Å²) in [5, 5.41) is 1.44. The Bertz CT molecular complexity index is 585. The fourth-order valence-electron chi connectivity index (χ4n) is 3.27. The Morgan fingerprint density at radius 3 is 2.90 bits per heavy atom. The average molecular weight is 303 g/mol. The van der Waals surface area contributed by atoms with E-state index in [1.165, 1.54) is 48.0 Å². The van der Waals surface area contributed by atoms with Gasteiger partial charge in [0.05, 0.1) is 0 Å². The lowest BCUT2D eigenvalue weighted by Crippen LogP contribution is -2.29. The highest BCUT2D eigenvalue weighted by molar-refractivity contribution is 7.97. The van der Waals surface area contributed by atoms with Crippen molar-refractivity contribution in [3.63, 3.8) is 0 Å². The molecule has 2 N–H and O–H groups in total. The maximum atomic E-state index is 3.46. The molecular weight excluding hydrogens is 278 g/mol. The van der Waals surface area contributed by atoms with Crippen molar-refractivity contribution in [3.05, 3.63) is 35.5 Å². The zero-order valence-electron chi connectivity index (χ0n) is 13.0. The summed E-state index contributed by atoms with van der Waals surface area (Å²) >= 11 is 1.78. The minimum absolute atomic E-state index is 0.719. The lowest BCUT2D eigenvalue weighted by atomic mass is 9.89. The molecule has 2 aromatic rings. The molecule has 114 valence electrons. The van der Waals surface area contributed by atoms with Crippen LogP contribution in [-0.4, -0.2) is 42.8 Å². The molecule has 2 heterocycles. The van der Waals surface area contributed by atoms with Gasteiger partial charge in [-0.3, -0.25) is 4.72 Å². The SMILES string of the molecule is CNSCCc1ccc2[nH]cc(C3CCN(C)CC3)c2c1. The summed E-state index contributed by atoms with van der Waals surface area (Å²) in [5.74, 6) is 1.84. The average Bonchev–Trinajstić information content (AvgIpc) is 2.92. The minimum atomic E-state index is 0.719. The van der Waals surface area contributed by atoms with Gasteiger partial charge in [0.15, 0.2) is 0 Å². The molecule has 3 rings (SSSR count). The number of nitrogens with zero attached hydrogens (tertiary/aromatic N) is 1. The number of aromatic amines is 1. The van der Waals surface area contributed by atoms with Crippen LogP contribution in [0.25, 0.3) is 10.9 Å². The van der Waals surface area contributed by atoms with Gasteiger partial charge in [-0.1, -0.05) is 18.0 Å². The first-order valence-electron chi connectivity index (χ1n) is 7.85. The van der Waals surface area contributed by atoms with Gasteiger partial charge in [-0.15, -0.1) is 0 Å². The molecule has 0 spiro atoms. The maximum absolute atomic E-state index is 3.46. The van der Waals surface area contributed by atoms with Crippen LogP contribution in [0.3, 0.4) is 0 Å². The van der Waals surface area contributed by atoms with E-state index in [1.807, 2.05) is 7.05 Å². The van der Waals surface area contributed by atoms with Crippen molar-refractivity contribution in [1.29, 1.82) is 0 Å². The van der Waals surface area contributed by atoms with Gasteiger partial charge >= 0.3 is 0 Å². The normalized spacial score (nSPS) is 17.6. The number of rotatable bonds is 5. The van der Waals surface area contributed by atoms with Crippen molar-refractivity contribution in [1.82, 2.24) is 14.6 Å². The van der Waals surface area contributed by atoms with Crippen LogP contribution in [0.5, 0.6) is 0 Å². The Hall–Kier alpha value is -0.970. The van der Waals surface area contributed by atoms with Crippen LogP contribution in [-0.2, 0) is 6.42 Å². The first-order valence-corrected chi connectivity index (χ1v) is 8.83. The van der Waals surface area contributed by atoms with Gasteiger partial charge in [-0.2, -0.15) is 0 Å². The Morgan fingerprint density at radius 2 is 2.14 bits per heavy atom. The molecule has 21 heavy (non-hydrogen) atoms. The predicted octanol–water partition coefficient (Wildman–Crippen LogP) is 3.39. The Kier molecular flexibility index (Phi) is 4.88. The fourth-order valence-corrected chi connectivity index (χ4v) is 3.82. The molecule has 0 atom stereocenters. The lowest BCUT2D eigenvalue weighted by molar-refractivity contribution is 0.256. The third kappa shape index (κ3) is 3.44. The number of aryl methyl sites for hydroxylation is 1. The molecule has 0 radical (unpaired) electrons. The fraction of sp³-hybridized carbons (Fsp3) is 0.529. The first-order chi connectivity index (χ1) is 10.3. The second-order valence-electron chi connectivity index (χ2n) is 6.00. The van der Waals surface area contributed by atoms with Crippen molar-refractivity contribution in [3.8, 4) is 0 Å². The van der Waals surface area contributed by atoms with Crippen molar-refractivity contribution in [2.24, 2.45) is 0 Å². The van der Waals surface area contributed by atoms with Gasteiger partial charge < -0.3 is 9.88 Å². The number of hydrogen-bond donors (Lipinski definition) is 2. The topological polar surface area (TPSA) is 31.1 Å². The van der Waals surface area contributed by atoms with Crippen molar-refractivity contribution < 1.29 is 0 Å². The van der Waals surface area contributed by atoms with Gasteiger partial charge in [0, 0.05) is 22.9 Å². The van der Waals surface area contributed by atoms with E-state index in [2.05, 4.69) is 46.0 Å². The Labute approximate surface area is 131 Å². The highest BCUT2D eigenvalue weighted by atomic mass is 32.2. The molecule has 1 aliphatic rings. The third-order valence-electron chi connectivity index (χ3n) is 4.57. The number of likely N-dealkylation sites (tertiary alicyclic amines) is 1. The van der Waals surface area contributed by atoms with Crippen molar-refractivity contribution in [2.75, 3.05) is 32.9 Å². The van der Waals surface area contributed by atoms with E-state index in [0.717, 1.165) is 18.1 Å².